The zero-order chi connectivity index (χ0) is 17.8. The molecule has 1 N–H and O–H groups in total. The first-order valence-electron chi connectivity index (χ1n) is 7.49. The summed E-state index contributed by atoms with van der Waals surface area (Å²) >= 11 is 9.61. The molecule has 1 amide bonds. The van der Waals surface area contributed by atoms with Crippen molar-refractivity contribution in [3.05, 3.63) is 75.4 Å². The van der Waals surface area contributed by atoms with Crippen LogP contribution in [0.3, 0.4) is 0 Å². The molecule has 0 atom stereocenters. The molecule has 1 heterocycles. The van der Waals surface area contributed by atoms with E-state index in [0.717, 1.165) is 5.56 Å². The predicted molar refractivity (Wildman–Crippen MR) is 101 cm³/mol. The lowest BCUT2D eigenvalue weighted by Crippen LogP contribution is -2.14. The lowest BCUT2D eigenvalue weighted by atomic mass is 10.2. The number of benzene rings is 2. The zero-order valence-corrected chi connectivity index (χ0v) is 15.7. The molecular formula is C18H15BrClN3O2. The van der Waals surface area contributed by atoms with Crippen molar-refractivity contribution >= 4 is 39.3 Å². The van der Waals surface area contributed by atoms with Crippen molar-refractivity contribution in [2.75, 3.05) is 12.4 Å². The number of aromatic nitrogens is 2. The Morgan fingerprint density at radius 1 is 1.24 bits per heavy atom. The third kappa shape index (κ3) is 4.03. The Morgan fingerprint density at radius 2 is 1.96 bits per heavy atom. The minimum absolute atomic E-state index is 0.291. The van der Waals surface area contributed by atoms with E-state index in [4.69, 9.17) is 16.3 Å². The second-order valence-electron chi connectivity index (χ2n) is 5.27. The normalized spacial score (nSPS) is 10.5. The van der Waals surface area contributed by atoms with Crippen molar-refractivity contribution < 1.29 is 9.53 Å². The third-order valence-electron chi connectivity index (χ3n) is 3.59. The summed E-state index contributed by atoms with van der Waals surface area (Å²) in [6, 6.07) is 14.6. The van der Waals surface area contributed by atoms with Gasteiger partial charge in [0.2, 0.25) is 0 Å². The maximum Gasteiger partial charge on any atom is 0.260 e. The number of para-hydroxylation sites is 1. The molecule has 0 aliphatic rings. The smallest absolute Gasteiger partial charge is 0.260 e. The van der Waals surface area contributed by atoms with Gasteiger partial charge in [-0.05, 0) is 39.7 Å². The van der Waals surface area contributed by atoms with Gasteiger partial charge in [0.25, 0.3) is 5.91 Å². The van der Waals surface area contributed by atoms with Gasteiger partial charge in [-0.3, -0.25) is 9.48 Å². The highest BCUT2D eigenvalue weighted by atomic mass is 79.9. The molecule has 5 nitrogen and oxygen atoms in total. The van der Waals surface area contributed by atoms with Crippen LogP contribution in [-0.2, 0) is 6.54 Å². The Kier molecular flexibility index (Phi) is 5.40. The van der Waals surface area contributed by atoms with Crippen molar-refractivity contribution in [3.8, 4) is 5.75 Å². The lowest BCUT2D eigenvalue weighted by molar-refractivity contribution is 0.102. The van der Waals surface area contributed by atoms with Gasteiger partial charge < -0.3 is 10.1 Å². The van der Waals surface area contributed by atoms with E-state index in [2.05, 4.69) is 26.3 Å². The Balaban J connectivity index is 1.79. The van der Waals surface area contributed by atoms with Crippen LogP contribution in [0.15, 0.2) is 59.2 Å². The fourth-order valence-electron chi connectivity index (χ4n) is 2.37. The van der Waals surface area contributed by atoms with Gasteiger partial charge in [0, 0.05) is 11.2 Å². The molecule has 3 aromatic rings. The number of nitrogens with one attached hydrogen (secondary N) is 1. The van der Waals surface area contributed by atoms with E-state index in [0.29, 0.717) is 33.2 Å². The van der Waals surface area contributed by atoms with Crippen LogP contribution in [0, 0.1) is 0 Å². The first-order chi connectivity index (χ1) is 12.1. The number of anilines is 1. The fourth-order valence-corrected chi connectivity index (χ4v) is 2.98. The molecule has 0 aliphatic carbocycles. The lowest BCUT2D eigenvalue weighted by Gasteiger charge is -2.08. The highest BCUT2D eigenvalue weighted by molar-refractivity contribution is 9.10. The molecule has 2 aromatic carbocycles. The molecule has 128 valence electrons. The summed E-state index contributed by atoms with van der Waals surface area (Å²) in [4.78, 5) is 12.5. The van der Waals surface area contributed by atoms with E-state index >= 15 is 0 Å². The third-order valence-corrected chi connectivity index (χ3v) is 4.54. The molecular weight excluding hydrogens is 406 g/mol. The van der Waals surface area contributed by atoms with E-state index in [1.807, 2.05) is 30.3 Å². The van der Waals surface area contributed by atoms with Crippen LogP contribution in [0.1, 0.15) is 15.9 Å². The van der Waals surface area contributed by atoms with Crippen LogP contribution < -0.4 is 10.1 Å². The number of carbonyl (C=O) groups excluding carboxylic acids is 1. The van der Waals surface area contributed by atoms with E-state index in [1.54, 1.807) is 29.1 Å². The van der Waals surface area contributed by atoms with Crippen molar-refractivity contribution in [2.24, 2.45) is 0 Å². The number of hydrogen-bond acceptors (Lipinski definition) is 3. The molecule has 1 aromatic heterocycles. The monoisotopic (exact) mass is 419 g/mol. The molecule has 25 heavy (non-hydrogen) atoms. The van der Waals surface area contributed by atoms with Crippen molar-refractivity contribution in [2.45, 2.75) is 6.54 Å². The fraction of sp³-hybridized carbons (Fsp3) is 0.111. The number of halogens is 2. The first kappa shape index (κ1) is 17.5. The van der Waals surface area contributed by atoms with Gasteiger partial charge in [0.05, 0.1) is 23.7 Å². The maximum atomic E-state index is 12.5. The standard InChI is InChI=1S/C18H15BrClN3O2/c1-25-16-9-5-3-7-13(16)18(24)21-17-14(19)11-23(22-17)10-12-6-2-4-8-15(12)20/h2-9,11H,10H2,1H3,(H,21,22,24). The summed E-state index contributed by atoms with van der Waals surface area (Å²) in [7, 11) is 1.53. The number of methoxy groups -OCH3 is 1. The van der Waals surface area contributed by atoms with Gasteiger partial charge >= 0.3 is 0 Å². The SMILES string of the molecule is COc1ccccc1C(=O)Nc1nn(Cc2ccccc2Cl)cc1Br. The Morgan fingerprint density at radius 3 is 2.72 bits per heavy atom. The van der Waals surface area contributed by atoms with Crippen molar-refractivity contribution in [1.29, 1.82) is 0 Å². The summed E-state index contributed by atoms with van der Waals surface area (Å²) in [6.45, 7) is 0.503. The molecule has 0 spiro atoms. The summed E-state index contributed by atoms with van der Waals surface area (Å²) in [5.74, 6) is 0.649. The summed E-state index contributed by atoms with van der Waals surface area (Å²) in [6.07, 6.45) is 1.79. The van der Waals surface area contributed by atoms with E-state index < -0.39 is 0 Å². The summed E-state index contributed by atoms with van der Waals surface area (Å²) in [5, 5.41) is 7.87. The van der Waals surface area contributed by atoms with Gasteiger partial charge in [0.15, 0.2) is 5.82 Å². The van der Waals surface area contributed by atoms with Crippen LogP contribution in [0.5, 0.6) is 5.75 Å². The number of amides is 1. The van der Waals surface area contributed by atoms with Gasteiger partial charge in [-0.2, -0.15) is 5.10 Å². The van der Waals surface area contributed by atoms with E-state index in [-0.39, 0.29) is 5.91 Å². The zero-order valence-electron chi connectivity index (χ0n) is 13.4. The highest BCUT2D eigenvalue weighted by Gasteiger charge is 2.15. The number of carbonyl (C=O) groups is 1. The molecule has 0 saturated carbocycles. The molecule has 3 rings (SSSR count). The maximum absolute atomic E-state index is 12.5. The Bertz CT molecular complexity index is 911. The molecule has 0 unspecified atom stereocenters. The van der Waals surface area contributed by atoms with Gasteiger partial charge in [-0.1, -0.05) is 41.9 Å². The van der Waals surface area contributed by atoms with Crippen LogP contribution in [0.4, 0.5) is 5.82 Å². The minimum atomic E-state index is -0.291. The molecule has 0 aliphatic heterocycles. The predicted octanol–water partition coefficient (Wildman–Crippen LogP) is 4.61. The molecule has 0 saturated heterocycles. The largest absolute Gasteiger partial charge is 0.496 e. The minimum Gasteiger partial charge on any atom is -0.496 e. The molecule has 0 fully saturated rings. The number of nitrogens with zero attached hydrogens (tertiary/aromatic N) is 2. The van der Waals surface area contributed by atoms with Crippen LogP contribution in [-0.4, -0.2) is 22.8 Å². The van der Waals surface area contributed by atoms with Crippen LogP contribution in [0.25, 0.3) is 0 Å². The topological polar surface area (TPSA) is 56.1 Å². The summed E-state index contributed by atoms with van der Waals surface area (Å²) in [5.41, 5.74) is 1.39. The van der Waals surface area contributed by atoms with E-state index in [1.165, 1.54) is 7.11 Å². The van der Waals surface area contributed by atoms with Gasteiger partial charge in [-0.15, -0.1) is 0 Å². The molecule has 7 heteroatoms. The number of hydrogen-bond donors (Lipinski definition) is 1. The van der Waals surface area contributed by atoms with E-state index in [9.17, 15) is 4.79 Å². The Hall–Kier alpha value is -2.31. The second-order valence-corrected chi connectivity index (χ2v) is 6.53. The quantitative estimate of drug-likeness (QED) is 0.656. The van der Waals surface area contributed by atoms with Crippen LogP contribution in [0.2, 0.25) is 5.02 Å². The average molecular weight is 421 g/mol. The second kappa shape index (κ2) is 7.72. The van der Waals surface area contributed by atoms with Crippen molar-refractivity contribution in [1.82, 2.24) is 9.78 Å². The van der Waals surface area contributed by atoms with Crippen molar-refractivity contribution in [3.63, 3.8) is 0 Å². The number of ether oxygens (including phenoxy) is 1. The molecule has 0 radical (unpaired) electrons. The number of rotatable bonds is 5. The summed E-state index contributed by atoms with van der Waals surface area (Å²) < 4.78 is 7.61. The molecule has 0 bridgehead atoms. The van der Waals surface area contributed by atoms with Gasteiger partial charge in [-0.25, -0.2) is 0 Å². The van der Waals surface area contributed by atoms with Gasteiger partial charge in [0.1, 0.15) is 5.75 Å². The van der Waals surface area contributed by atoms with Crippen LogP contribution >= 0.6 is 27.5 Å². The Labute approximate surface area is 158 Å². The average Bonchev–Trinajstić information content (AvgIpc) is 2.96. The highest BCUT2D eigenvalue weighted by Crippen LogP contribution is 2.24. The first-order valence-corrected chi connectivity index (χ1v) is 8.66.